The third-order valence-electron chi connectivity index (χ3n) is 3.95. The Morgan fingerprint density at radius 1 is 1.42 bits per heavy atom. The molecule has 0 bridgehead atoms. The van der Waals surface area contributed by atoms with E-state index in [1.54, 1.807) is 11.3 Å². The SMILES string of the molecule is CCc1nc(CNCc2cccc(NC(=O)C3CCCO3)c2)cs1. The summed E-state index contributed by atoms with van der Waals surface area (Å²) in [7, 11) is 0. The number of rotatable bonds is 7. The number of anilines is 1. The zero-order valence-electron chi connectivity index (χ0n) is 13.9. The van der Waals surface area contributed by atoms with Crippen LogP contribution in [0.15, 0.2) is 29.6 Å². The minimum atomic E-state index is -0.302. The standard InChI is InChI=1S/C18H23N3O2S/c1-2-17-20-15(12-24-17)11-19-10-13-5-3-6-14(9-13)21-18(22)16-7-4-8-23-16/h3,5-6,9,12,16,19H,2,4,7-8,10-11H2,1H3,(H,21,22). The number of ether oxygens (including phenoxy) is 1. The van der Waals surface area contributed by atoms with Crippen molar-refractivity contribution < 1.29 is 9.53 Å². The molecule has 2 N–H and O–H groups in total. The number of hydrogen-bond donors (Lipinski definition) is 2. The predicted octanol–water partition coefficient (Wildman–Crippen LogP) is 3.11. The molecular formula is C18H23N3O2S. The third kappa shape index (κ3) is 4.63. The van der Waals surface area contributed by atoms with Gasteiger partial charge in [0.1, 0.15) is 6.10 Å². The summed E-state index contributed by atoms with van der Waals surface area (Å²) in [4.78, 5) is 16.6. The number of nitrogens with one attached hydrogen (secondary N) is 2. The normalized spacial score (nSPS) is 17.1. The lowest BCUT2D eigenvalue weighted by atomic mass is 10.2. The molecule has 0 aliphatic carbocycles. The maximum Gasteiger partial charge on any atom is 0.253 e. The van der Waals surface area contributed by atoms with E-state index in [1.165, 1.54) is 5.01 Å². The Kier molecular flexibility index (Phi) is 5.96. The molecule has 1 aliphatic rings. The van der Waals surface area contributed by atoms with Gasteiger partial charge in [-0.15, -0.1) is 11.3 Å². The van der Waals surface area contributed by atoms with Gasteiger partial charge in [-0.25, -0.2) is 4.98 Å². The summed E-state index contributed by atoms with van der Waals surface area (Å²) < 4.78 is 5.41. The number of carbonyl (C=O) groups excluding carboxylic acids is 1. The van der Waals surface area contributed by atoms with Crippen LogP contribution in [0.5, 0.6) is 0 Å². The first-order valence-electron chi connectivity index (χ1n) is 8.40. The van der Waals surface area contributed by atoms with Gasteiger partial charge < -0.3 is 15.4 Å². The van der Waals surface area contributed by atoms with E-state index >= 15 is 0 Å². The summed E-state index contributed by atoms with van der Waals surface area (Å²) in [5, 5.41) is 9.61. The number of hydrogen-bond acceptors (Lipinski definition) is 5. The summed E-state index contributed by atoms with van der Waals surface area (Å²) >= 11 is 1.71. The highest BCUT2D eigenvalue weighted by atomic mass is 32.1. The van der Waals surface area contributed by atoms with E-state index < -0.39 is 0 Å². The maximum absolute atomic E-state index is 12.1. The number of carbonyl (C=O) groups is 1. The van der Waals surface area contributed by atoms with Crippen molar-refractivity contribution in [1.82, 2.24) is 10.3 Å². The van der Waals surface area contributed by atoms with Gasteiger partial charge in [0.05, 0.1) is 10.7 Å². The van der Waals surface area contributed by atoms with E-state index in [9.17, 15) is 4.79 Å². The molecule has 2 aromatic rings. The van der Waals surface area contributed by atoms with E-state index in [4.69, 9.17) is 4.74 Å². The minimum Gasteiger partial charge on any atom is -0.368 e. The average molecular weight is 345 g/mol. The molecular weight excluding hydrogens is 322 g/mol. The van der Waals surface area contributed by atoms with Gasteiger partial charge in [0, 0.05) is 30.8 Å². The average Bonchev–Trinajstić information content (AvgIpc) is 3.27. The van der Waals surface area contributed by atoms with Crippen LogP contribution in [-0.2, 0) is 29.0 Å². The van der Waals surface area contributed by atoms with Gasteiger partial charge in [0.25, 0.3) is 5.91 Å². The summed E-state index contributed by atoms with van der Waals surface area (Å²) in [6, 6.07) is 7.91. The van der Waals surface area contributed by atoms with Crippen LogP contribution in [0.4, 0.5) is 5.69 Å². The monoisotopic (exact) mass is 345 g/mol. The minimum absolute atomic E-state index is 0.0489. The Balaban J connectivity index is 1.50. The summed E-state index contributed by atoms with van der Waals surface area (Å²) in [5.41, 5.74) is 3.03. The Morgan fingerprint density at radius 2 is 2.33 bits per heavy atom. The van der Waals surface area contributed by atoms with Gasteiger partial charge in [-0.1, -0.05) is 19.1 Å². The topological polar surface area (TPSA) is 63.2 Å². The van der Waals surface area contributed by atoms with Crippen molar-refractivity contribution >= 4 is 22.9 Å². The molecule has 6 heteroatoms. The molecule has 1 aliphatic heterocycles. The van der Waals surface area contributed by atoms with Crippen LogP contribution < -0.4 is 10.6 Å². The summed E-state index contributed by atoms with van der Waals surface area (Å²) in [5.74, 6) is -0.0489. The van der Waals surface area contributed by atoms with Gasteiger partial charge >= 0.3 is 0 Å². The third-order valence-corrected chi connectivity index (χ3v) is 5.00. The second-order valence-electron chi connectivity index (χ2n) is 5.88. The number of thiazole rings is 1. The number of benzene rings is 1. The number of nitrogens with zero attached hydrogens (tertiary/aromatic N) is 1. The van der Waals surface area contributed by atoms with E-state index in [0.717, 1.165) is 49.3 Å². The van der Waals surface area contributed by atoms with Gasteiger partial charge in [0.15, 0.2) is 0 Å². The van der Waals surface area contributed by atoms with Crippen LogP contribution in [0, 0.1) is 0 Å². The molecule has 5 nitrogen and oxygen atoms in total. The Hall–Kier alpha value is -1.76. The number of aromatic nitrogens is 1. The molecule has 24 heavy (non-hydrogen) atoms. The molecule has 1 amide bonds. The van der Waals surface area contributed by atoms with Gasteiger partial charge in [0.2, 0.25) is 0 Å². The summed E-state index contributed by atoms with van der Waals surface area (Å²) in [6.07, 6.45) is 2.44. The zero-order chi connectivity index (χ0) is 16.8. The van der Waals surface area contributed by atoms with Crippen LogP contribution in [0.2, 0.25) is 0 Å². The highest BCUT2D eigenvalue weighted by molar-refractivity contribution is 7.09. The largest absolute Gasteiger partial charge is 0.368 e. The van der Waals surface area contributed by atoms with Gasteiger partial charge in [-0.3, -0.25) is 4.79 Å². The lowest BCUT2D eigenvalue weighted by Crippen LogP contribution is -2.26. The number of amides is 1. The molecule has 1 atom stereocenters. The zero-order valence-corrected chi connectivity index (χ0v) is 14.7. The fraction of sp³-hybridized carbons (Fsp3) is 0.444. The molecule has 1 aromatic carbocycles. The lowest BCUT2D eigenvalue weighted by molar-refractivity contribution is -0.124. The second kappa shape index (κ2) is 8.37. The first-order valence-corrected chi connectivity index (χ1v) is 9.28. The smallest absolute Gasteiger partial charge is 0.253 e. The fourth-order valence-electron chi connectivity index (χ4n) is 2.69. The van der Waals surface area contributed by atoms with Crippen LogP contribution in [0.1, 0.15) is 36.0 Å². The van der Waals surface area contributed by atoms with Crippen LogP contribution in [0.25, 0.3) is 0 Å². The van der Waals surface area contributed by atoms with Gasteiger partial charge in [-0.05, 0) is 37.0 Å². The van der Waals surface area contributed by atoms with E-state index in [-0.39, 0.29) is 12.0 Å². The lowest BCUT2D eigenvalue weighted by Gasteiger charge is -2.11. The molecule has 1 unspecified atom stereocenters. The Morgan fingerprint density at radius 3 is 3.08 bits per heavy atom. The van der Waals surface area contributed by atoms with Crippen LogP contribution in [-0.4, -0.2) is 23.6 Å². The Bertz CT molecular complexity index is 680. The van der Waals surface area contributed by atoms with E-state index in [2.05, 4.69) is 27.9 Å². The summed E-state index contributed by atoms with van der Waals surface area (Å²) in [6.45, 7) is 4.29. The highest BCUT2D eigenvalue weighted by Gasteiger charge is 2.23. The quantitative estimate of drug-likeness (QED) is 0.809. The molecule has 128 valence electrons. The molecule has 1 saturated heterocycles. The molecule has 1 aromatic heterocycles. The Labute approximate surface area is 146 Å². The van der Waals surface area contributed by atoms with E-state index in [0.29, 0.717) is 6.61 Å². The second-order valence-corrected chi connectivity index (χ2v) is 6.82. The van der Waals surface area contributed by atoms with Crippen molar-refractivity contribution in [1.29, 1.82) is 0 Å². The number of aryl methyl sites for hydroxylation is 1. The van der Waals surface area contributed by atoms with Crippen molar-refractivity contribution in [2.45, 2.75) is 45.4 Å². The van der Waals surface area contributed by atoms with Crippen molar-refractivity contribution in [3.8, 4) is 0 Å². The first kappa shape index (κ1) is 17.1. The van der Waals surface area contributed by atoms with Gasteiger partial charge in [-0.2, -0.15) is 0 Å². The molecule has 0 radical (unpaired) electrons. The van der Waals surface area contributed by atoms with Crippen LogP contribution in [0.3, 0.4) is 0 Å². The van der Waals surface area contributed by atoms with Crippen molar-refractivity contribution in [2.24, 2.45) is 0 Å². The van der Waals surface area contributed by atoms with Crippen molar-refractivity contribution in [3.05, 3.63) is 45.9 Å². The maximum atomic E-state index is 12.1. The van der Waals surface area contributed by atoms with Crippen LogP contribution >= 0.6 is 11.3 Å². The molecule has 0 saturated carbocycles. The predicted molar refractivity (Wildman–Crippen MR) is 96.1 cm³/mol. The fourth-order valence-corrected chi connectivity index (χ4v) is 3.44. The molecule has 0 spiro atoms. The van der Waals surface area contributed by atoms with Crippen molar-refractivity contribution in [3.63, 3.8) is 0 Å². The molecule has 3 rings (SSSR count). The highest BCUT2D eigenvalue weighted by Crippen LogP contribution is 2.16. The molecule has 2 heterocycles. The first-order chi connectivity index (χ1) is 11.7. The van der Waals surface area contributed by atoms with Crippen molar-refractivity contribution in [2.75, 3.05) is 11.9 Å². The van der Waals surface area contributed by atoms with E-state index in [1.807, 2.05) is 24.3 Å². The molecule has 1 fully saturated rings.